The Morgan fingerprint density at radius 1 is 1.62 bits per heavy atom. The first-order valence-corrected chi connectivity index (χ1v) is 4.25. The molecule has 0 aromatic carbocycles. The van der Waals surface area contributed by atoms with Crippen molar-refractivity contribution in [1.82, 2.24) is 10.2 Å². The van der Waals surface area contributed by atoms with Crippen LogP contribution < -0.4 is 0 Å². The fourth-order valence-electron chi connectivity index (χ4n) is 1.27. The van der Waals surface area contributed by atoms with Gasteiger partial charge in [-0.1, -0.05) is 6.92 Å². The van der Waals surface area contributed by atoms with E-state index in [1.54, 1.807) is 6.92 Å². The van der Waals surface area contributed by atoms with E-state index in [-0.39, 0.29) is 5.92 Å². The van der Waals surface area contributed by atoms with Gasteiger partial charge in [0.2, 0.25) is 0 Å². The van der Waals surface area contributed by atoms with Gasteiger partial charge in [0, 0.05) is 5.69 Å². The molecule has 2 N–H and O–H groups in total. The largest absolute Gasteiger partial charge is 0.481 e. The molecular weight excluding hydrogens is 168 g/mol. The highest BCUT2D eigenvalue weighted by Gasteiger charge is 2.15. The van der Waals surface area contributed by atoms with E-state index in [4.69, 9.17) is 5.11 Å². The minimum Gasteiger partial charge on any atom is -0.481 e. The normalized spacial score (nSPS) is 12.8. The minimum atomic E-state index is -0.764. The lowest BCUT2D eigenvalue weighted by molar-refractivity contribution is -0.141. The summed E-state index contributed by atoms with van der Waals surface area (Å²) in [6.45, 7) is 5.49. The zero-order valence-electron chi connectivity index (χ0n) is 8.09. The summed E-state index contributed by atoms with van der Waals surface area (Å²) in [7, 11) is 0. The van der Waals surface area contributed by atoms with Gasteiger partial charge in [0.15, 0.2) is 0 Å². The number of hydrogen-bond acceptors (Lipinski definition) is 2. The second kappa shape index (κ2) is 3.60. The zero-order valence-corrected chi connectivity index (χ0v) is 8.09. The molecule has 1 rings (SSSR count). The third-order valence-corrected chi connectivity index (χ3v) is 2.21. The Kier molecular flexibility index (Phi) is 2.70. The molecule has 0 saturated heterocycles. The fourth-order valence-corrected chi connectivity index (χ4v) is 1.27. The predicted octanol–water partition coefficient (Wildman–Crippen LogP) is 1.29. The molecule has 13 heavy (non-hydrogen) atoms. The maximum absolute atomic E-state index is 10.6. The summed E-state index contributed by atoms with van der Waals surface area (Å²) >= 11 is 0. The molecule has 4 nitrogen and oxygen atoms in total. The molecule has 1 heterocycles. The van der Waals surface area contributed by atoms with E-state index < -0.39 is 5.97 Å². The standard InChI is InChI=1S/C9H14N2O2/c1-5(9(12)13)4-8-6(2)10-11-7(8)3/h5H,4H2,1-3H3,(H,10,11)(H,12,13). The lowest BCUT2D eigenvalue weighted by Crippen LogP contribution is -2.13. The Balaban J connectivity index is 2.79. The minimum absolute atomic E-state index is 0.352. The molecule has 0 aliphatic rings. The van der Waals surface area contributed by atoms with Gasteiger partial charge >= 0.3 is 5.97 Å². The second-order valence-corrected chi connectivity index (χ2v) is 3.36. The third kappa shape index (κ3) is 2.08. The van der Waals surface area contributed by atoms with E-state index >= 15 is 0 Å². The average molecular weight is 182 g/mol. The molecule has 0 fully saturated rings. The van der Waals surface area contributed by atoms with Crippen LogP contribution in [0.15, 0.2) is 0 Å². The summed E-state index contributed by atoms with van der Waals surface area (Å²) < 4.78 is 0. The number of aliphatic carboxylic acids is 1. The maximum atomic E-state index is 10.6. The van der Waals surface area contributed by atoms with Crippen LogP contribution in [0.2, 0.25) is 0 Å². The number of H-pyrrole nitrogens is 1. The Hall–Kier alpha value is -1.32. The molecule has 0 aliphatic heterocycles. The molecule has 1 atom stereocenters. The fraction of sp³-hybridized carbons (Fsp3) is 0.556. The smallest absolute Gasteiger partial charge is 0.306 e. The summed E-state index contributed by atoms with van der Waals surface area (Å²) in [5.74, 6) is -1.12. The van der Waals surface area contributed by atoms with Gasteiger partial charge in [0.1, 0.15) is 0 Å². The van der Waals surface area contributed by atoms with Crippen molar-refractivity contribution in [3.05, 3.63) is 17.0 Å². The van der Waals surface area contributed by atoms with Crippen molar-refractivity contribution >= 4 is 5.97 Å². The molecule has 0 amide bonds. The summed E-state index contributed by atoms with van der Waals surface area (Å²) in [5.41, 5.74) is 2.88. The molecule has 1 unspecified atom stereocenters. The molecule has 1 aromatic rings. The number of carboxylic acid groups (broad SMARTS) is 1. The molecule has 1 aromatic heterocycles. The number of carbonyl (C=O) groups is 1. The van der Waals surface area contributed by atoms with Crippen molar-refractivity contribution in [3.8, 4) is 0 Å². The van der Waals surface area contributed by atoms with Gasteiger partial charge in [0.25, 0.3) is 0 Å². The first kappa shape index (κ1) is 9.77. The van der Waals surface area contributed by atoms with E-state index in [0.29, 0.717) is 6.42 Å². The molecule has 72 valence electrons. The quantitative estimate of drug-likeness (QED) is 0.740. The van der Waals surface area contributed by atoms with Crippen LogP contribution in [0.3, 0.4) is 0 Å². The number of carboxylic acids is 1. The molecule has 0 aliphatic carbocycles. The van der Waals surface area contributed by atoms with Crippen molar-refractivity contribution in [2.45, 2.75) is 27.2 Å². The van der Waals surface area contributed by atoms with Crippen LogP contribution >= 0.6 is 0 Å². The highest BCUT2D eigenvalue weighted by Crippen LogP contribution is 2.14. The number of aromatic nitrogens is 2. The van der Waals surface area contributed by atoms with Gasteiger partial charge in [-0.05, 0) is 25.8 Å². The maximum Gasteiger partial charge on any atom is 0.306 e. The SMILES string of the molecule is Cc1n[nH]c(C)c1CC(C)C(=O)O. The van der Waals surface area contributed by atoms with Crippen LogP contribution in [0.5, 0.6) is 0 Å². The van der Waals surface area contributed by atoms with Gasteiger partial charge in [-0.25, -0.2) is 0 Å². The molecular formula is C9H14N2O2. The van der Waals surface area contributed by atoms with Crippen molar-refractivity contribution in [2.75, 3.05) is 0 Å². The number of aryl methyl sites for hydroxylation is 2. The Morgan fingerprint density at radius 2 is 2.23 bits per heavy atom. The van der Waals surface area contributed by atoms with E-state index in [1.165, 1.54) is 0 Å². The van der Waals surface area contributed by atoms with Gasteiger partial charge in [-0.15, -0.1) is 0 Å². The molecule has 0 bridgehead atoms. The second-order valence-electron chi connectivity index (χ2n) is 3.36. The summed E-state index contributed by atoms with van der Waals surface area (Å²) in [5, 5.41) is 15.6. The highest BCUT2D eigenvalue weighted by molar-refractivity contribution is 5.70. The van der Waals surface area contributed by atoms with Crippen LogP contribution in [-0.2, 0) is 11.2 Å². The number of rotatable bonds is 3. The number of nitrogens with one attached hydrogen (secondary N) is 1. The van der Waals surface area contributed by atoms with Crippen molar-refractivity contribution in [1.29, 1.82) is 0 Å². The summed E-state index contributed by atoms with van der Waals surface area (Å²) in [6.07, 6.45) is 0.545. The van der Waals surface area contributed by atoms with Crippen molar-refractivity contribution in [2.24, 2.45) is 5.92 Å². The van der Waals surface area contributed by atoms with E-state index in [0.717, 1.165) is 17.0 Å². The van der Waals surface area contributed by atoms with Crippen LogP contribution in [0.4, 0.5) is 0 Å². The Labute approximate surface area is 77.0 Å². The summed E-state index contributed by atoms with van der Waals surface area (Å²) in [4.78, 5) is 10.6. The van der Waals surface area contributed by atoms with Crippen molar-refractivity contribution in [3.63, 3.8) is 0 Å². The van der Waals surface area contributed by atoms with E-state index in [2.05, 4.69) is 10.2 Å². The van der Waals surface area contributed by atoms with Crippen LogP contribution in [0, 0.1) is 19.8 Å². The topological polar surface area (TPSA) is 66.0 Å². The van der Waals surface area contributed by atoms with Crippen LogP contribution in [0.25, 0.3) is 0 Å². The Morgan fingerprint density at radius 3 is 2.62 bits per heavy atom. The van der Waals surface area contributed by atoms with Crippen LogP contribution in [-0.4, -0.2) is 21.3 Å². The van der Waals surface area contributed by atoms with Gasteiger partial charge in [-0.3, -0.25) is 9.89 Å². The molecule has 0 spiro atoms. The molecule has 4 heteroatoms. The number of nitrogens with zero attached hydrogens (tertiary/aromatic N) is 1. The van der Waals surface area contributed by atoms with E-state index in [9.17, 15) is 4.79 Å². The average Bonchev–Trinajstić information content (AvgIpc) is 2.35. The molecule has 0 radical (unpaired) electrons. The van der Waals surface area contributed by atoms with Crippen molar-refractivity contribution < 1.29 is 9.90 Å². The Bertz CT molecular complexity index is 298. The zero-order chi connectivity index (χ0) is 10.0. The number of aromatic amines is 1. The number of hydrogen-bond donors (Lipinski definition) is 2. The first-order valence-electron chi connectivity index (χ1n) is 4.25. The lowest BCUT2D eigenvalue weighted by Gasteiger charge is -2.05. The third-order valence-electron chi connectivity index (χ3n) is 2.21. The van der Waals surface area contributed by atoms with Crippen LogP contribution in [0.1, 0.15) is 23.9 Å². The monoisotopic (exact) mass is 182 g/mol. The highest BCUT2D eigenvalue weighted by atomic mass is 16.4. The van der Waals surface area contributed by atoms with Gasteiger partial charge in [-0.2, -0.15) is 5.10 Å². The molecule has 0 saturated carbocycles. The lowest BCUT2D eigenvalue weighted by atomic mass is 10.00. The summed E-state index contributed by atoms with van der Waals surface area (Å²) in [6, 6.07) is 0. The first-order chi connectivity index (χ1) is 6.02. The predicted molar refractivity (Wildman–Crippen MR) is 48.6 cm³/mol. The van der Waals surface area contributed by atoms with Gasteiger partial charge in [0.05, 0.1) is 11.6 Å². The van der Waals surface area contributed by atoms with Gasteiger partial charge < -0.3 is 5.11 Å². The van der Waals surface area contributed by atoms with E-state index in [1.807, 2.05) is 13.8 Å².